The van der Waals surface area contributed by atoms with Gasteiger partial charge in [-0.2, -0.15) is 0 Å². The number of likely N-dealkylation sites (tertiary alicyclic amines) is 1. The largest absolute Gasteiger partial charge is 0.466 e. The van der Waals surface area contributed by atoms with E-state index in [0.29, 0.717) is 19.1 Å². The number of benzene rings is 1. The Bertz CT molecular complexity index is 729. The Morgan fingerprint density at radius 1 is 1.17 bits per heavy atom. The average Bonchev–Trinajstić information content (AvgIpc) is 3.32. The monoisotopic (exact) mass is 399 g/mol. The van der Waals surface area contributed by atoms with Crippen molar-refractivity contribution in [2.75, 3.05) is 39.3 Å². The molecule has 3 atom stereocenters. The van der Waals surface area contributed by atoms with E-state index in [1.165, 1.54) is 37.1 Å². The number of rotatable bonds is 8. The Hall–Kier alpha value is -1.88. The molecule has 1 saturated carbocycles. The fourth-order valence-corrected chi connectivity index (χ4v) is 5.15. The van der Waals surface area contributed by atoms with E-state index in [1.807, 2.05) is 6.92 Å². The number of esters is 1. The summed E-state index contributed by atoms with van der Waals surface area (Å²) in [5.41, 5.74) is 2.73. The van der Waals surface area contributed by atoms with E-state index in [4.69, 9.17) is 4.74 Å². The molecule has 2 fully saturated rings. The van der Waals surface area contributed by atoms with Crippen LogP contribution < -0.4 is 4.90 Å². The molecular weight excluding hydrogens is 364 g/mol. The Morgan fingerprint density at radius 3 is 2.69 bits per heavy atom. The molecule has 4 rings (SSSR count). The van der Waals surface area contributed by atoms with Crippen molar-refractivity contribution in [3.8, 4) is 0 Å². The molecule has 0 spiro atoms. The van der Waals surface area contributed by atoms with Gasteiger partial charge in [-0.1, -0.05) is 24.3 Å². The standard InChI is InChI=1S/C24H34N2O3/c1-2-29-24(28)22-16-21(22)17-26(14-13-25-11-5-6-12-25)23(27)20-10-9-18-7-3-4-8-19(18)15-20/h3-4,7-8,20-22H,2,5-6,9-17H2,1H3/p+1/t20-,21+,22-/m1/s1. The molecule has 1 aromatic rings. The molecule has 3 aliphatic rings. The minimum atomic E-state index is -0.0818. The molecule has 1 saturated heterocycles. The maximum Gasteiger partial charge on any atom is 0.309 e. The Kier molecular flexibility index (Phi) is 6.53. The van der Waals surface area contributed by atoms with Crippen LogP contribution in [-0.4, -0.2) is 56.1 Å². The third-order valence-electron chi connectivity index (χ3n) is 7.02. The van der Waals surface area contributed by atoms with Gasteiger partial charge in [-0.3, -0.25) is 9.59 Å². The molecule has 2 aliphatic carbocycles. The van der Waals surface area contributed by atoms with Gasteiger partial charge in [-0.15, -0.1) is 0 Å². The number of quaternary nitrogens is 1. The Labute approximate surface area is 174 Å². The van der Waals surface area contributed by atoms with E-state index >= 15 is 0 Å². The fourth-order valence-electron chi connectivity index (χ4n) is 5.15. The highest BCUT2D eigenvalue weighted by atomic mass is 16.5. The SMILES string of the molecule is CCOC(=O)[C@@H]1C[C@H]1CN(CC[NH+]1CCCC1)C(=O)[C@@H]1CCc2ccccc2C1. The van der Waals surface area contributed by atoms with E-state index in [-0.39, 0.29) is 23.7 Å². The van der Waals surface area contributed by atoms with E-state index in [1.54, 1.807) is 4.90 Å². The summed E-state index contributed by atoms with van der Waals surface area (Å²) in [6.45, 7) is 7.31. The number of carbonyl (C=O) groups is 2. The topological polar surface area (TPSA) is 51.0 Å². The van der Waals surface area contributed by atoms with E-state index in [9.17, 15) is 9.59 Å². The molecular formula is C24H35N2O3+. The fraction of sp³-hybridized carbons (Fsp3) is 0.667. The summed E-state index contributed by atoms with van der Waals surface area (Å²) in [5.74, 6) is 0.575. The van der Waals surface area contributed by atoms with Gasteiger partial charge >= 0.3 is 5.97 Å². The molecule has 1 amide bonds. The zero-order chi connectivity index (χ0) is 20.2. The van der Waals surface area contributed by atoms with Crippen LogP contribution in [0, 0.1) is 17.8 Å². The van der Waals surface area contributed by atoms with Gasteiger partial charge in [0.05, 0.1) is 38.7 Å². The van der Waals surface area contributed by atoms with Gasteiger partial charge in [0.25, 0.3) is 0 Å². The first-order chi connectivity index (χ1) is 14.2. The number of aryl methyl sites for hydroxylation is 1. The van der Waals surface area contributed by atoms with Crippen molar-refractivity contribution in [2.45, 2.75) is 45.4 Å². The van der Waals surface area contributed by atoms with Crippen molar-refractivity contribution >= 4 is 11.9 Å². The second kappa shape index (κ2) is 9.29. The molecule has 158 valence electrons. The summed E-state index contributed by atoms with van der Waals surface area (Å²) >= 11 is 0. The maximum atomic E-state index is 13.5. The zero-order valence-electron chi connectivity index (χ0n) is 17.7. The van der Waals surface area contributed by atoms with Crippen molar-refractivity contribution in [3.63, 3.8) is 0 Å². The highest BCUT2D eigenvalue weighted by molar-refractivity contribution is 5.80. The van der Waals surface area contributed by atoms with Crippen LogP contribution in [0.1, 0.15) is 43.7 Å². The average molecular weight is 400 g/mol. The normalized spacial score (nSPS) is 26.0. The first-order valence-electron chi connectivity index (χ1n) is 11.5. The zero-order valence-corrected chi connectivity index (χ0v) is 17.7. The lowest BCUT2D eigenvalue weighted by Gasteiger charge is -2.31. The number of nitrogens with zero attached hydrogens (tertiary/aromatic N) is 1. The van der Waals surface area contributed by atoms with Crippen LogP contribution in [-0.2, 0) is 27.2 Å². The minimum absolute atomic E-state index is 0.00327. The predicted molar refractivity (Wildman–Crippen MR) is 112 cm³/mol. The van der Waals surface area contributed by atoms with Crippen LogP contribution in [0.5, 0.6) is 0 Å². The number of fused-ring (bicyclic) bond motifs is 1. The summed E-state index contributed by atoms with van der Waals surface area (Å²) in [4.78, 5) is 29.2. The second-order valence-corrected chi connectivity index (χ2v) is 9.05. The molecule has 0 radical (unpaired) electrons. The van der Waals surface area contributed by atoms with Gasteiger partial charge in [0.15, 0.2) is 0 Å². The maximum absolute atomic E-state index is 13.5. The molecule has 1 aliphatic heterocycles. The predicted octanol–water partition coefficient (Wildman–Crippen LogP) is 1.50. The molecule has 1 heterocycles. The number of hydrogen-bond acceptors (Lipinski definition) is 3. The van der Waals surface area contributed by atoms with Gasteiger partial charge < -0.3 is 14.5 Å². The van der Waals surface area contributed by atoms with Crippen LogP contribution in [0.2, 0.25) is 0 Å². The van der Waals surface area contributed by atoms with Gasteiger partial charge in [-0.25, -0.2) is 0 Å². The van der Waals surface area contributed by atoms with Crippen LogP contribution >= 0.6 is 0 Å². The lowest BCUT2D eigenvalue weighted by Crippen LogP contribution is -3.10. The number of carbonyl (C=O) groups excluding carboxylic acids is 2. The molecule has 29 heavy (non-hydrogen) atoms. The van der Waals surface area contributed by atoms with Crippen LogP contribution in [0.25, 0.3) is 0 Å². The number of nitrogens with one attached hydrogen (secondary N) is 1. The molecule has 0 aromatic heterocycles. The molecule has 0 bridgehead atoms. The highest BCUT2D eigenvalue weighted by Crippen LogP contribution is 2.40. The lowest BCUT2D eigenvalue weighted by molar-refractivity contribution is -0.886. The van der Waals surface area contributed by atoms with E-state index in [0.717, 1.165) is 38.8 Å². The number of ether oxygens (including phenoxy) is 1. The van der Waals surface area contributed by atoms with E-state index < -0.39 is 0 Å². The summed E-state index contributed by atoms with van der Waals surface area (Å²) in [6.07, 6.45) is 6.26. The van der Waals surface area contributed by atoms with Crippen molar-refractivity contribution in [1.29, 1.82) is 0 Å². The third kappa shape index (κ3) is 5.00. The minimum Gasteiger partial charge on any atom is -0.466 e. The molecule has 5 nitrogen and oxygen atoms in total. The highest BCUT2D eigenvalue weighted by Gasteiger charge is 2.46. The molecule has 1 aromatic carbocycles. The van der Waals surface area contributed by atoms with Gasteiger partial charge in [0.1, 0.15) is 0 Å². The van der Waals surface area contributed by atoms with Gasteiger partial charge in [0.2, 0.25) is 5.91 Å². The molecule has 1 N–H and O–H groups in total. The van der Waals surface area contributed by atoms with Crippen LogP contribution in [0.4, 0.5) is 0 Å². The third-order valence-corrected chi connectivity index (χ3v) is 7.02. The van der Waals surface area contributed by atoms with Crippen molar-refractivity contribution in [3.05, 3.63) is 35.4 Å². The smallest absolute Gasteiger partial charge is 0.309 e. The van der Waals surface area contributed by atoms with Crippen molar-refractivity contribution in [2.24, 2.45) is 17.8 Å². The van der Waals surface area contributed by atoms with Gasteiger partial charge in [0, 0.05) is 25.3 Å². The second-order valence-electron chi connectivity index (χ2n) is 9.05. The number of hydrogen-bond donors (Lipinski definition) is 1. The first kappa shape index (κ1) is 20.4. The van der Waals surface area contributed by atoms with Crippen LogP contribution in [0.15, 0.2) is 24.3 Å². The van der Waals surface area contributed by atoms with Crippen LogP contribution in [0.3, 0.4) is 0 Å². The lowest BCUT2D eigenvalue weighted by atomic mass is 9.83. The summed E-state index contributed by atoms with van der Waals surface area (Å²) in [5, 5.41) is 0. The van der Waals surface area contributed by atoms with E-state index in [2.05, 4.69) is 29.2 Å². The molecule has 0 unspecified atom stereocenters. The number of amides is 1. The van der Waals surface area contributed by atoms with Crippen molar-refractivity contribution < 1.29 is 19.2 Å². The first-order valence-corrected chi connectivity index (χ1v) is 11.5. The van der Waals surface area contributed by atoms with Gasteiger partial charge in [-0.05, 0) is 49.7 Å². The summed E-state index contributed by atoms with van der Waals surface area (Å²) in [7, 11) is 0. The summed E-state index contributed by atoms with van der Waals surface area (Å²) in [6, 6.07) is 8.53. The Morgan fingerprint density at radius 2 is 1.93 bits per heavy atom. The van der Waals surface area contributed by atoms with Crippen molar-refractivity contribution in [1.82, 2.24) is 4.90 Å². The Balaban J connectivity index is 1.39. The summed E-state index contributed by atoms with van der Waals surface area (Å²) < 4.78 is 5.19. The molecule has 5 heteroatoms. The quantitative estimate of drug-likeness (QED) is 0.674.